The van der Waals surface area contributed by atoms with Crippen LogP contribution in [0, 0.1) is 5.92 Å². The summed E-state index contributed by atoms with van der Waals surface area (Å²) in [6, 6.07) is 5.12. The van der Waals surface area contributed by atoms with E-state index in [4.69, 9.17) is 16.3 Å². The summed E-state index contributed by atoms with van der Waals surface area (Å²) in [7, 11) is 0. The Bertz CT molecular complexity index is 454. The van der Waals surface area contributed by atoms with E-state index in [2.05, 4.69) is 0 Å². The molecule has 0 amide bonds. The van der Waals surface area contributed by atoms with Crippen molar-refractivity contribution in [2.75, 3.05) is 6.61 Å². The van der Waals surface area contributed by atoms with Crippen LogP contribution < -0.4 is 0 Å². The molecule has 3 nitrogen and oxygen atoms in total. The quantitative estimate of drug-likeness (QED) is 0.586. The Morgan fingerprint density at radius 2 is 2.31 bits per heavy atom. The molecule has 1 aliphatic rings. The number of benzene rings is 1. The fourth-order valence-electron chi connectivity index (χ4n) is 1.89. The monoisotopic (exact) mass is 238 g/mol. The Kier molecular flexibility index (Phi) is 2.97. The summed E-state index contributed by atoms with van der Waals surface area (Å²) in [6.07, 6.45) is 0.421. The Labute approximate surface area is 98.4 Å². The molecule has 4 heteroatoms. The maximum Gasteiger partial charge on any atom is 0.317 e. The first-order valence-corrected chi connectivity index (χ1v) is 5.50. The van der Waals surface area contributed by atoms with E-state index >= 15 is 0 Å². The zero-order valence-corrected chi connectivity index (χ0v) is 9.58. The van der Waals surface area contributed by atoms with Crippen molar-refractivity contribution in [1.29, 1.82) is 0 Å². The Hall–Kier alpha value is -1.35. The minimum atomic E-state index is -0.687. The van der Waals surface area contributed by atoms with Crippen molar-refractivity contribution >= 4 is 23.4 Å². The number of fused-ring (bicyclic) bond motifs is 1. The van der Waals surface area contributed by atoms with Crippen LogP contribution in [0.3, 0.4) is 0 Å². The maximum atomic E-state index is 11.9. The highest BCUT2D eigenvalue weighted by Gasteiger charge is 2.36. The lowest BCUT2D eigenvalue weighted by molar-refractivity contribution is -0.145. The minimum absolute atomic E-state index is 0.184. The zero-order chi connectivity index (χ0) is 11.7. The van der Waals surface area contributed by atoms with E-state index in [1.54, 1.807) is 25.1 Å². The highest BCUT2D eigenvalue weighted by atomic mass is 35.5. The summed E-state index contributed by atoms with van der Waals surface area (Å²) >= 11 is 5.81. The van der Waals surface area contributed by atoms with Gasteiger partial charge < -0.3 is 4.74 Å². The number of Topliss-reactive ketones (excluding diaryl/α,β-unsaturated/α-hetero) is 1. The molecule has 0 aromatic heterocycles. The van der Waals surface area contributed by atoms with E-state index in [9.17, 15) is 9.59 Å². The van der Waals surface area contributed by atoms with Crippen molar-refractivity contribution in [1.82, 2.24) is 0 Å². The average molecular weight is 239 g/mol. The van der Waals surface area contributed by atoms with Gasteiger partial charge in [0.15, 0.2) is 5.78 Å². The van der Waals surface area contributed by atoms with Crippen molar-refractivity contribution in [2.24, 2.45) is 5.92 Å². The fraction of sp³-hybridized carbons (Fsp3) is 0.333. The lowest BCUT2D eigenvalue weighted by atomic mass is 10.1. The Balaban J connectivity index is 2.27. The van der Waals surface area contributed by atoms with Crippen molar-refractivity contribution in [3.05, 3.63) is 34.3 Å². The summed E-state index contributed by atoms with van der Waals surface area (Å²) in [6.45, 7) is 2.01. The van der Waals surface area contributed by atoms with Gasteiger partial charge in [-0.15, -0.1) is 0 Å². The second-order valence-corrected chi connectivity index (χ2v) is 4.11. The van der Waals surface area contributed by atoms with Gasteiger partial charge in [0.25, 0.3) is 0 Å². The number of rotatable bonds is 2. The summed E-state index contributed by atoms with van der Waals surface area (Å²) in [5, 5.41) is 0.511. The predicted molar refractivity (Wildman–Crippen MR) is 59.6 cm³/mol. The molecule has 1 unspecified atom stereocenters. The largest absolute Gasteiger partial charge is 0.465 e. The average Bonchev–Trinajstić information content (AvgIpc) is 2.57. The van der Waals surface area contributed by atoms with E-state index < -0.39 is 11.9 Å². The number of hydrogen-bond acceptors (Lipinski definition) is 3. The summed E-state index contributed by atoms with van der Waals surface area (Å²) in [4.78, 5) is 23.4. The van der Waals surface area contributed by atoms with Gasteiger partial charge in [-0.25, -0.2) is 0 Å². The van der Waals surface area contributed by atoms with Crippen LogP contribution in [-0.4, -0.2) is 18.4 Å². The number of hydrogen-bond donors (Lipinski definition) is 0. The van der Waals surface area contributed by atoms with E-state index in [0.717, 1.165) is 5.56 Å². The number of carbonyl (C=O) groups excluding carboxylic acids is 2. The van der Waals surface area contributed by atoms with Crippen molar-refractivity contribution in [3.8, 4) is 0 Å². The molecule has 1 aromatic carbocycles. The smallest absolute Gasteiger partial charge is 0.317 e. The fourth-order valence-corrected chi connectivity index (χ4v) is 2.06. The highest BCUT2D eigenvalue weighted by molar-refractivity contribution is 6.31. The Morgan fingerprint density at radius 3 is 3.00 bits per heavy atom. The summed E-state index contributed by atoms with van der Waals surface area (Å²) < 4.78 is 4.86. The molecule has 0 N–H and O–H groups in total. The molecule has 0 saturated heterocycles. The van der Waals surface area contributed by atoms with Crippen LogP contribution in [0.1, 0.15) is 22.8 Å². The molecular weight excluding hydrogens is 228 g/mol. The predicted octanol–water partition coefficient (Wildman–Crippen LogP) is 2.26. The van der Waals surface area contributed by atoms with Crippen molar-refractivity contribution < 1.29 is 14.3 Å². The molecule has 0 saturated carbocycles. The third kappa shape index (κ3) is 1.83. The van der Waals surface area contributed by atoms with Crippen LogP contribution in [0.5, 0.6) is 0 Å². The van der Waals surface area contributed by atoms with Crippen molar-refractivity contribution in [3.63, 3.8) is 0 Å². The normalized spacial score (nSPS) is 18.4. The molecule has 0 spiro atoms. The van der Waals surface area contributed by atoms with E-state index in [-0.39, 0.29) is 5.78 Å². The van der Waals surface area contributed by atoms with Gasteiger partial charge in [-0.1, -0.05) is 17.7 Å². The molecular formula is C12H11ClO3. The van der Waals surface area contributed by atoms with Crippen LogP contribution in [0.15, 0.2) is 18.2 Å². The van der Waals surface area contributed by atoms with Crippen LogP contribution in [-0.2, 0) is 16.0 Å². The van der Waals surface area contributed by atoms with Gasteiger partial charge in [0.05, 0.1) is 6.61 Å². The molecule has 0 radical (unpaired) electrons. The third-order valence-corrected chi connectivity index (χ3v) is 2.88. The molecule has 0 aliphatic heterocycles. The van der Waals surface area contributed by atoms with Crippen LogP contribution in [0.2, 0.25) is 5.02 Å². The lowest BCUT2D eigenvalue weighted by Crippen LogP contribution is -2.23. The number of halogens is 1. The first kappa shape index (κ1) is 11.1. The first-order chi connectivity index (χ1) is 7.63. The van der Waals surface area contributed by atoms with Gasteiger partial charge in [0.1, 0.15) is 5.92 Å². The minimum Gasteiger partial charge on any atom is -0.465 e. The lowest BCUT2D eigenvalue weighted by Gasteiger charge is -2.05. The van der Waals surface area contributed by atoms with Crippen LogP contribution >= 0.6 is 11.6 Å². The summed E-state index contributed by atoms with van der Waals surface area (Å²) in [5.74, 6) is -1.32. The summed E-state index contributed by atoms with van der Waals surface area (Å²) in [5.41, 5.74) is 1.41. The second kappa shape index (κ2) is 4.26. The first-order valence-electron chi connectivity index (χ1n) is 5.12. The van der Waals surface area contributed by atoms with Gasteiger partial charge >= 0.3 is 5.97 Å². The van der Waals surface area contributed by atoms with E-state index in [1.165, 1.54) is 0 Å². The maximum absolute atomic E-state index is 11.9. The van der Waals surface area contributed by atoms with Crippen LogP contribution in [0.25, 0.3) is 0 Å². The number of ether oxygens (including phenoxy) is 1. The van der Waals surface area contributed by atoms with Crippen molar-refractivity contribution in [2.45, 2.75) is 13.3 Å². The molecule has 0 bridgehead atoms. The molecule has 1 aliphatic carbocycles. The molecule has 84 valence electrons. The Morgan fingerprint density at radius 1 is 1.56 bits per heavy atom. The van der Waals surface area contributed by atoms with Gasteiger partial charge in [-0.05, 0) is 31.0 Å². The standard InChI is InChI=1S/C12H11ClO3/c1-2-16-12(15)10-5-7-3-4-8(13)6-9(7)11(10)14/h3-4,6,10H,2,5H2,1H3. The number of ketones is 1. The zero-order valence-electron chi connectivity index (χ0n) is 8.83. The third-order valence-electron chi connectivity index (χ3n) is 2.65. The SMILES string of the molecule is CCOC(=O)C1Cc2ccc(Cl)cc2C1=O. The van der Waals surface area contributed by atoms with Gasteiger partial charge in [-0.3, -0.25) is 9.59 Å². The van der Waals surface area contributed by atoms with Gasteiger partial charge in [-0.2, -0.15) is 0 Å². The molecule has 16 heavy (non-hydrogen) atoms. The molecule has 1 aromatic rings. The topological polar surface area (TPSA) is 43.4 Å². The van der Waals surface area contributed by atoms with Gasteiger partial charge in [0, 0.05) is 10.6 Å². The highest BCUT2D eigenvalue weighted by Crippen LogP contribution is 2.29. The molecule has 0 heterocycles. The molecule has 1 atom stereocenters. The molecule has 0 fully saturated rings. The second-order valence-electron chi connectivity index (χ2n) is 3.67. The van der Waals surface area contributed by atoms with E-state index in [0.29, 0.717) is 23.6 Å². The number of esters is 1. The van der Waals surface area contributed by atoms with E-state index in [1.807, 2.05) is 0 Å². The van der Waals surface area contributed by atoms with Gasteiger partial charge in [0.2, 0.25) is 0 Å². The van der Waals surface area contributed by atoms with Crippen LogP contribution in [0.4, 0.5) is 0 Å². The molecule has 2 rings (SSSR count). The number of carbonyl (C=O) groups is 2.